The molecule has 0 aromatic heterocycles. The van der Waals surface area contributed by atoms with Crippen LogP contribution in [-0.2, 0) is 0 Å². The van der Waals surface area contributed by atoms with Gasteiger partial charge in [0.25, 0.3) is 0 Å². The summed E-state index contributed by atoms with van der Waals surface area (Å²) in [7, 11) is 0. The van der Waals surface area contributed by atoms with Gasteiger partial charge in [0.15, 0.2) is 0 Å². The number of rotatable bonds is 2. The van der Waals surface area contributed by atoms with Crippen molar-refractivity contribution in [1.82, 2.24) is 0 Å². The van der Waals surface area contributed by atoms with Crippen LogP contribution in [0.5, 0.6) is 0 Å². The molecule has 88 valence electrons. The molecular weight excluding hydrogens is 194 g/mol. The Morgan fingerprint density at radius 1 is 1.06 bits per heavy atom. The van der Waals surface area contributed by atoms with Crippen LogP contribution in [0.4, 0.5) is 5.69 Å². The third-order valence-electron chi connectivity index (χ3n) is 4.11. The van der Waals surface area contributed by atoms with Crippen LogP contribution in [0.3, 0.4) is 0 Å². The van der Waals surface area contributed by atoms with E-state index in [1.54, 1.807) is 0 Å². The second-order valence-electron chi connectivity index (χ2n) is 5.38. The Balaban J connectivity index is 2.00. The molecule has 1 aliphatic carbocycles. The third kappa shape index (κ3) is 2.58. The van der Waals surface area contributed by atoms with Crippen LogP contribution < -0.4 is 5.32 Å². The van der Waals surface area contributed by atoms with E-state index in [0.29, 0.717) is 6.04 Å². The maximum absolute atomic E-state index is 3.69. The summed E-state index contributed by atoms with van der Waals surface area (Å²) in [5.41, 5.74) is 2.60. The lowest BCUT2D eigenvalue weighted by atomic mass is 9.78. The van der Waals surface area contributed by atoms with Gasteiger partial charge in [-0.2, -0.15) is 0 Å². The van der Waals surface area contributed by atoms with Crippen molar-refractivity contribution in [2.45, 2.75) is 46.1 Å². The summed E-state index contributed by atoms with van der Waals surface area (Å²) in [4.78, 5) is 0. The Morgan fingerprint density at radius 2 is 1.75 bits per heavy atom. The molecule has 1 nitrogen and oxygen atoms in total. The summed E-state index contributed by atoms with van der Waals surface area (Å²) >= 11 is 0. The Labute approximate surface area is 99.3 Å². The Morgan fingerprint density at radius 3 is 2.44 bits per heavy atom. The molecule has 0 radical (unpaired) electrons. The van der Waals surface area contributed by atoms with E-state index >= 15 is 0 Å². The van der Waals surface area contributed by atoms with Crippen LogP contribution in [0.2, 0.25) is 0 Å². The molecule has 1 saturated carbocycles. The van der Waals surface area contributed by atoms with Gasteiger partial charge in [-0.1, -0.05) is 44.4 Å². The number of hydrogen-bond acceptors (Lipinski definition) is 1. The van der Waals surface area contributed by atoms with Crippen molar-refractivity contribution in [3.8, 4) is 0 Å². The van der Waals surface area contributed by atoms with E-state index in [4.69, 9.17) is 0 Å². The first-order valence-corrected chi connectivity index (χ1v) is 6.50. The van der Waals surface area contributed by atoms with Crippen LogP contribution in [-0.4, -0.2) is 6.04 Å². The van der Waals surface area contributed by atoms with Gasteiger partial charge in [0.05, 0.1) is 0 Å². The molecule has 0 aliphatic heterocycles. The van der Waals surface area contributed by atoms with Gasteiger partial charge in [0, 0.05) is 11.7 Å². The largest absolute Gasteiger partial charge is 0.382 e. The van der Waals surface area contributed by atoms with E-state index in [-0.39, 0.29) is 0 Å². The number of hydrogen-bond donors (Lipinski definition) is 1. The zero-order valence-electron chi connectivity index (χ0n) is 10.7. The molecule has 0 amide bonds. The molecule has 2 rings (SSSR count). The van der Waals surface area contributed by atoms with E-state index in [1.807, 2.05) is 0 Å². The molecule has 1 aliphatic rings. The molecule has 0 heterocycles. The van der Waals surface area contributed by atoms with Gasteiger partial charge >= 0.3 is 0 Å². The van der Waals surface area contributed by atoms with Gasteiger partial charge in [-0.3, -0.25) is 0 Å². The molecule has 3 atom stereocenters. The average molecular weight is 217 g/mol. The van der Waals surface area contributed by atoms with E-state index in [2.05, 4.69) is 50.4 Å². The highest BCUT2D eigenvalue weighted by molar-refractivity contribution is 5.45. The molecule has 1 aromatic rings. The fourth-order valence-corrected chi connectivity index (χ4v) is 2.65. The van der Waals surface area contributed by atoms with Crippen molar-refractivity contribution in [1.29, 1.82) is 0 Å². The SMILES string of the molecule is Cc1ccc(NC2CCCC(C)C2C)cc1. The van der Waals surface area contributed by atoms with Crippen LogP contribution >= 0.6 is 0 Å². The average Bonchev–Trinajstić information content (AvgIpc) is 2.28. The summed E-state index contributed by atoms with van der Waals surface area (Å²) in [6.07, 6.45) is 4.08. The van der Waals surface area contributed by atoms with Gasteiger partial charge in [0.1, 0.15) is 0 Å². The van der Waals surface area contributed by atoms with E-state index in [1.165, 1.54) is 30.5 Å². The van der Waals surface area contributed by atoms with E-state index in [9.17, 15) is 0 Å². The first kappa shape index (κ1) is 11.5. The zero-order valence-corrected chi connectivity index (χ0v) is 10.7. The lowest BCUT2D eigenvalue weighted by molar-refractivity contribution is 0.253. The number of anilines is 1. The molecule has 1 fully saturated rings. The maximum Gasteiger partial charge on any atom is 0.0342 e. The molecular formula is C15H23N. The molecule has 1 aromatic carbocycles. The minimum Gasteiger partial charge on any atom is -0.382 e. The highest BCUT2D eigenvalue weighted by atomic mass is 14.9. The van der Waals surface area contributed by atoms with Crippen molar-refractivity contribution in [3.05, 3.63) is 29.8 Å². The maximum atomic E-state index is 3.69. The molecule has 1 heteroatoms. The fourth-order valence-electron chi connectivity index (χ4n) is 2.65. The molecule has 0 saturated heterocycles. The predicted molar refractivity (Wildman–Crippen MR) is 70.8 cm³/mol. The standard InChI is InChI=1S/C15H23N/c1-11-7-9-14(10-8-11)16-15-6-4-5-12(2)13(15)3/h7-10,12-13,15-16H,4-6H2,1-3H3. The van der Waals surface area contributed by atoms with Crippen molar-refractivity contribution in [2.24, 2.45) is 11.8 Å². The van der Waals surface area contributed by atoms with Crippen molar-refractivity contribution in [3.63, 3.8) is 0 Å². The lowest BCUT2D eigenvalue weighted by Crippen LogP contribution is -2.34. The highest BCUT2D eigenvalue weighted by Crippen LogP contribution is 2.31. The molecule has 3 unspecified atom stereocenters. The lowest BCUT2D eigenvalue weighted by Gasteiger charge is -2.35. The Hall–Kier alpha value is -0.980. The van der Waals surface area contributed by atoms with Gasteiger partial charge < -0.3 is 5.32 Å². The van der Waals surface area contributed by atoms with E-state index < -0.39 is 0 Å². The number of benzene rings is 1. The van der Waals surface area contributed by atoms with Gasteiger partial charge in [-0.25, -0.2) is 0 Å². The first-order chi connectivity index (χ1) is 7.66. The molecule has 16 heavy (non-hydrogen) atoms. The molecule has 1 N–H and O–H groups in total. The fraction of sp³-hybridized carbons (Fsp3) is 0.600. The molecule has 0 bridgehead atoms. The summed E-state index contributed by atoms with van der Waals surface area (Å²) in [6, 6.07) is 9.41. The van der Waals surface area contributed by atoms with Crippen LogP contribution in [0.15, 0.2) is 24.3 Å². The van der Waals surface area contributed by atoms with Gasteiger partial charge in [-0.05, 0) is 37.3 Å². The minimum absolute atomic E-state index is 0.659. The molecule has 0 spiro atoms. The topological polar surface area (TPSA) is 12.0 Å². The quantitative estimate of drug-likeness (QED) is 0.781. The smallest absolute Gasteiger partial charge is 0.0342 e. The second kappa shape index (κ2) is 4.90. The van der Waals surface area contributed by atoms with E-state index in [0.717, 1.165) is 11.8 Å². The summed E-state index contributed by atoms with van der Waals surface area (Å²) in [5.74, 6) is 1.65. The Kier molecular flexibility index (Phi) is 3.52. The van der Waals surface area contributed by atoms with Crippen molar-refractivity contribution >= 4 is 5.69 Å². The summed E-state index contributed by atoms with van der Waals surface area (Å²) in [5, 5.41) is 3.69. The van der Waals surface area contributed by atoms with Crippen LogP contribution in [0.1, 0.15) is 38.7 Å². The third-order valence-corrected chi connectivity index (χ3v) is 4.11. The van der Waals surface area contributed by atoms with Crippen molar-refractivity contribution < 1.29 is 0 Å². The summed E-state index contributed by atoms with van der Waals surface area (Å²) < 4.78 is 0. The Bertz CT molecular complexity index is 328. The summed E-state index contributed by atoms with van der Waals surface area (Å²) in [6.45, 7) is 6.90. The highest BCUT2D eigenvalue weighted by Gasteiger charge is 2.26. The zero-order chi connectivity index (χ0) is 11.5. The van der Waals surface area contributed by atoms with Gasteiger partial charge in [0.2, 0.25) is 0 Å². The normalized spacial score (nSPS) is 30.1. The van der Waals surface area contributed by atoms with Crippen LogP contribution in [0.25, 0.3) is 0 Å². The minimum atomic E-state index is 0.659. The van der Waals surface area contributed by atoms with Crippen LogP contribution in [0, 0.1) is 18.8 Å². The monoisotopic (exact) mass is 217 g/mol. The number of aryl methyl sites for hydroxylation is 1. The first-order valence-electron chi connectivity index (χ1n) is 6.50. The number of nitrogens with one attached hydrogen (secondary N) is 1. The predicted octanol–water partition coefficient (Wildman–Crippen LogP) is 4.23. The van der Waals surface area contributed by atoms with Gasteiger partial charge in [-0.15, -0.1) is 0 Å². The second-order valence-corrected chi connectivity index (χ2v) is 5.38. The van der Waals surface area contributed by atoms with Crippen molar-refractivity contribution in [2.75, 3.05) is 5.32 Å².